The van der Waals surface area contributed by atoms with Gasteiger partial charge in [0.25, 0.3) is 5.91 Å². The molecule has 1 saturated heterocycles. The second-order valence-electron chi connectivity index (χ2n) is 9.41. The molecule has 0 unspecified atom stereocenters. The molecule has 1 aliphatic heterocycles. The molecule has 2 aromatic carbocycles. The number of aliphatic carboxylic acids is 1. The van der Waals surface area contributed by atoms with E-state index in [9.17, 15) is 14.4 Å². The summed E-state index contributed by atoms with van der Waals surface area (Å²) in [6.07, 6.45) is 2.53. The highest BCUT2D eigenvalue weighted by molar-refractivity contribution is 7.17. The van der Waals surface area contributed by atoms with Crippen LogP contribution in [0.4, 0.5) is 5.69 Å². The molecule has 0 radical (unpaired) electrons. The van der Waals surface area contributed by atoms with Crippen molar-refractivity contribution in [2.45, 2.75) is 37.8 Å². The van der Waals surface area contributed by atoms with E-state index in [4.69, 9.17) is 33.0 Å². The van der Waals surface area contributed by atoms with Crippen LogP contribution >= 0.6 is 45.9 Å². The molecule has 3 heterocycles. The Morgan fingerprint density at radius 2 is 2.00 bits per heavy atom. The summed E-state index contributed by atoms with van der Waals surface area (Å²) in [5.41, 5.74) is 1.45. The Hall–Kier alpha value is -3.02. The zero-order valence-electron chi connectivity index (χ0n) is 21.4. The lowest BCUT2D eigenvalue weighted by Gasteiger charge is -2.23. The van der Waals surface area contributed by atoms with Crippen LogP contribution in [0, 0.1) is 0 Å². The van der Waals surface area contributed by atoms with Crippen molar-refractivity contribution in [3.8, 4) is 0 Å². The minimum absolute atomic E-state index is 0.00608. The van der Waals surface area contributed by atoms with Crippen molar-refractivity contribution in [1.29, 1.82) is 0 Å². The number of nitrogens with one attached hydrogen (secondary N) is 1. The molecule has 2 amide bonds. The smallest absolute Gasteiger partial charge is 0.303 e. The number of hydrogen-bond acceptors (Lipinski definition) is 7. The highest BCUT2D eigenvalue weighted by Crippen LogP contribution is 2.37. The summed E-state index contributed by atoms with van der Waals surface area (Å²) in [6, 6.07) is 10.5. The van der Waals surface area contributed by atoms with Crippen molar-refractivity contribution < 1.29 is 24.2 Å². The van der Waals surface area contributed by atoms with Gasteiger partial charge in [-0.15, -0.1) is 22.7 Å². The summed E-state index contributed by atoms with van der Waals surface area (Å²) in [6.45, 7) is 0.401. The van der Waals surface area contributed by atoms with Crippen LogP contribution in [0.15, 0.2) is 48.0 Å². The maximum absolute atomic E-state index is 13.5. The largest absolute Gasteiger partial charge is 0.481 e. The first kappa shape index (κ1) is 28.5. The van der Waals surface area contributed by atoms with Gasteiger partial charge in [-0.25, -0.2) is 4.98 Å². The number of carboxylic acid groups (broad SMARTS) is 1. The molecule has 4 aromatic rings. The summed E-state index contributed by atoms with van der Waals surface area (Å²) < 4.78 is 6.56. The second kappa shape index (κ2) is 12.2. The SMILES string of the molecule is CO[C@H]1C[C@@H](c2ncc(CCC(=O)O)s2)N(C(=O)Cc2cc(Cl)c(NC(=O)c3csc4ccccc34)cc2Cl)C1. The van der Waals surface area contributed by atoms with E-state index in [0.717, 1.165) is 20.0 Å². The number of carbonyl (C=O) groups excluding carboxylic acids is 2. The lowest BCUT2D eigenvalue weighted by molar-refractivity contribution is -0.137. The molecule has 0 saturated carbocycles. The molecule has 0 bridgehead atoms. The third-order valence-electron chi connectivity index (χ3n) is 6.81. The molecule has 208 valence electrons. The molecule has 1 fully saturated rings. The maximum atomic E-state index is 13.5. The number of aromatic nitrogens is 1. The van der Waals surface area contributed by atoms with Gasteiger partial charge >= 0.3 is 5.97 Å². The molecule has 2 atom stereocenters. The fourth-order valence-corrected chi connectivity index (χ4v) is 7.18. The molecule has 12 heteroatoms. The van der Waals surface area contributed by atoms with Crippen molar-refractivity contribution in [2.24, 2.45) is 0 Å². The third kappa shape index (κ3) is 6.16. The fourth-order valence-electron chi connectivity index (χ4n) is 4.73. The molecular weight excluding hydrogens is 593 g/mol. The summed E-state index contributed by atoms with van der Waals surface area (Å²) in [4.78, 5) is 44.5. The molecule has 40 heavy (non-hydrogen) atoms. The van der Waals surface area contributed by atoms with Gasteiger partial charge in [-0.3, -0.25) is 14.4 Å². The Morgan fingerprint density at radius 1 is 1.20 bits per heavy atom. The summed E-state index contributed by atoms with van der Waals surface area (Å²) >= 11 is 16.0. The number of aryl methyl sites for hydroxylation is 1. The predicted molar refractivity (Wildman–Crippen MR) is 158 cm³/mol. The first-order valence-corrected chi connectivity index (χ1v) is 14.9. The number of carbonyl (C=O) groups is 3. The molecule has 0 aliphatic carbocycles. The van der Waals surface area contributed by atoms with Gasteiger partial charge in [0.2, 0.25) is 5.91 Å². The maximum Gasteiger partial charge on any atom is 0.303 e. The Balaban J connectivity index is 1.30. The zero-order chi connectivity index (χ0) is 28.4. The Bertz CT molecular complexity index is 1590. The van der Waals surface area contributed by atoms with Gasteiger partial charge in [0, 0.05) is 51.6 Å². The van der Waals surface area contributed by atoms with E-state index in [0.29, 0.717) is 41.2 Å². The predicted octanol–water partition coefficient (Wildman–Crippen LogP) is 6.47. The average Bonchev–Trinajstić information content (AvgIpc) is 3.68. The van der Waals surface area contributed by atoms with E-state index in [1.165, 1.54) is 22.7 Å². The number of methoxy groups -OCH3 is 1. The first-order chi connectivity index (χ1) is 19.2. The first-order valence-electron chi connectivity index (χ1n) is 12.5. The number of carboxylic acids is 1. The van der Waals surface area contributed by atoms with Crippen LogP contribution in [-0.4, -0.2) is 52.5 Å². The Morgan fingerprint density at radius 3 is 2.77 bits per heavy atom. The summed E-state index contributed by atoms with van der Waals surface area (Å²) in [5.74, 6) is -1.32. The molecule has 5 rings (SSSR count). The minimum atomic E-state index is -0.867. The number of fused-ring (bicyclic) bond motifs is 1. The lowest BCUT2D eigenvalue weighted by Crippen LogP contribution is -2.33. The molecule has 2 aromatic heterocycles. The van der Waals surface area contributed by atoms with Gasteiger partial charge in [-0.1, -0.05) is 41.4 Å². The number of thiophene rings is 1. The van der Waals surface area contributed by atoms with Crippen molar-refractivity contribution >= 4 is 79.4 Å². The topological polar surface area (TPSA) is 109 Å². The van der Waals surface area contributed by atoms with Gasteiger partial charge in [-0.05, 0) is 30.2 Å². The van der Waals surface area contributed by atoms with Gasteiger partial charge in [-0.2, -0.15) is 0 Å². The van der Waals surface area contributed by atoms with Gasteiger partial charge in [0.05, 0.1) is 41.3 Å². The number of thiazole rings is 1. The second-order valence-corrected chi connectivity index (χ2v) is 12.3. The monoisotopic (exact) mass is 617 g/mol. The number of benzene rings is 2. The van der Waals surface area contributed by atoms with E-state index in [1.54, 1.807) is 35.7 Å². The van der Waals surface area contributed by atoms with Gasteiger partial charge in [0.15, 0.2) is 0 Å². The molecule has 1 aliphatic rings. The fraction of sp³-hybridized carbons (Fsp3) is 0.286. The van der Waals surface area contributed by atoms with Crippen LogP contribution in [0.5, 0.6) is 0 Å². The van der Waals surface area contributed by atoms with Crippen LogP contribution in [0.2, 0.25) is 10.0 Å². The molecule has 2 N–H and O–H groups in total. The standard InChI is InChI=1S/C28H25Cl2N3O5S2/c1-38-16-10-23(28-31-12-17(40-28)6-7-26(35)36)33(13-16)25(34)9-15-8-21(30)22(11-20(15)29)32-27(37)19-14-39-24-5-3-2-4-18(19)24/h2-5,8,11-12,14,16,23H,6-7,9-10,13H2,1H3,(H,32,37)(H,35,36)/t16-,23-/m0/s1. The van der Waals surface area contributed by atoms with Crippen molar-refractivity contribution in [1.82, 2.24) is 9.88 Å². The molecule has 0 spiro atoms. The number of rotatable bonds is 9. The highest BCUT2D eigenvalue weighted by Gasteiger charge is 2.38. The lowest BCUT2D eigenvalue weighted by atomic mass is 10.1. The quantitative estimate of drug-likeness (QED) is 0.223. The Labute approximate surface area is 248 Å². The summed E-state index contributed by atoms with van der Waals surface area (Å²) in [7, 11) is 1.61. The van der Waals surface area contributed by atoms with Crippen molar-refractivity contribution in [2.75, 3.05) is 19.0 Å². The van der Waals surface area contributed by atoms with E-state index < -0.39 is 5.97 Å². The molecular formula is C28H25Cl2N3O5S2. The van der Waals surface area contributed by atoms with Crippen molar-refractivity contribution in [3.63, 3.8) is 0 Å². The van der Waals surface area contributed by atoms with E-state index in [-0.39, 0.29) is 41.8 Å². The van der Waals surface area contributed by atoms with Crippen LogP contribution in [0.3, 0.4) is 0 Å². The van der Waals surface area contributed by atoms with Gasteiger partial charge < -0.3 is 20.1 Å². The number of halogens is 2. The van der Waals surface area contributed by atoms with Crippen LogP contribution in [-0.2, 0) is 27.2 Å². The number of hydrogen-bond donors (Lipinski definition) is 2. The number of amides is 2. The third-order valence-corrected chi connectivity index (χ3v) is 9.60. The number of anilines is 1. The average molecular weight is 619 g/mol. The van der Waals surface area contributed by atoms with E-state index in [1.807, 2.05) is 24.3 Å². The number of likely N-dealkylation sites (tertiary alicyclic amines) is 1. The molecule has 8 nitrogen and oxygen atoms in total. The van der Waals surface area contributed by atoms with Crippen LogP contribution < -0.4 is 5.32 Å². The van der Waals surface area contributed by atoms with Crippen LogP contribution in [0.25, 0.3) is 10.1 Å². The highest BCUT2D eigenvalue weighted by atomic mass is 35.5. The van der Waals surface area contributed by atoms with Crippen molar-refractivity contribution in [3.05, 3.63) is 79.0 Å². The van der Waals surface area contributed by atoms with Gasteiger partial charge in [0.1, 0.15) is 5.01 Å². The van der Waals surface area contributed by atoms with Crippen LogP contribution in [0.1, 0.15) is 44.7 Å². The Kier molecular flexibility index (Phi) is 8.72. The normalized spacial score (nSPS) is 16.9. The number of ether oxygens (including phenoxy) is 1. The van der Waals surface area contributed by atoms with E-state index in [2.05, 4.69) is 10.3 Å². The number of nitrogens with zero attached hydrogens (tertiary/aromatic N) is 2. The summed E-state index contributed by atoms with van der Waals surface area (Å²) in [5, 5.41) is 15.8. The minimum Gasteiger partial charge on any atom is -0.481 e. The zero-order valence-corrected chi connectivity index (χ0v) is 24.5. The van der Waals surface area contributed by atoms with E-state index >= 15 is 0 Å².